The molecule has 2 heterocycles. The molecule has 106 valence electrons. The first kappa shape index (κ1) is 13.5. The molecule has 0 fully saturated rings. The van der Waals surface area contributed by atoms with E-state index in [1.807, 2.05) is 13.0 Å². The van der Waals surface area contributed by atoms with Gasteiger partial charge in [-0.15, -0.1) is 5.10 Å². The van der Waals surface area contributed by atoms with Gasteiger partial charge in [0.1, 0.15) is 0 Å². The van der Waals surface area contributed by atoms with Gasteiger partial charge in [0.05, 0.1) is 12.5 Å². The highest BCUT2D eigenvalue weighted by molar-refractivity contribution is 7.71. The van der Waals surface area contributed by atoms with Crippen molar-refractivity contribution in [2.24, 2.45) is 5.10 Å². The number of hydrogen-bond donors (Lipinski definition) is 1. The Morgan fingerprint density at radius 1 is 1.33 bits per heavy atom. The highest BCUT2D eigenvalue weighted by Crippen LogP contribution is 2.17. The number of nitrogens with zero attached hydrogens (tertiary/aromatic N) is 3. The summed E-state index contributed by atoms with van der Waals surface area (Å²) in [6, 6.07) is 9.83. The maximum atomic E-state index is 5.34. The minimum Gasteiger partial charge on any atom is -0.461 e. The lowest BCUT2D eigenvalue weighted by molar-refractivity contribution is 0.573. The van der Waals surface area contributed by atoms with E-state index >= 15 is 0 Å². The molecule has 0 bridgehead atoms. The molecular weight excluding hydrogens is 284 g/mol. The summed E-state index contributed by atoms with van der Waals surface area (Å²) in [5.41, 5.74) is 3.38. The summed E-state index contributed by atoms with van der Waals surface area (Å²) in [6.07, 6.45) is 3.37. The number of hydrogen-bond acceptors (Lipinski definition) is 4. The molecule has 0 saturated carbocycles. The molecule has 21 heavy (non-hydrogen) atoms. The van der Waals surface area contributed by atoms with Crippen molar-refractivity contribution in [3.05, 3.63) is 58.1 Å². The zero-order valence-corrected chi connectivity index (χ0v) is 12.5. The summed E-state index contributed by atoms with van der Waals surface area (Å²) in [5.74, 6) is 1.16. The van der Waals surface area contributed by atoms with Crippen molar-refractivity contribution in [2.75, 3.05) is 0 Å². The van der Waals surface area contributed by atoms with Crippen LogP contribution in [0.4, 0.5) is 0 Å². The lowest BCUT2D eigenvalue weighted by Crippen LogP contribution is -1.96. The fourth-order valence-electron chi connectivity index (χ4n) is 1.98. The number of rotatable bonds is 3. The van der Waals surface area contributed by atoms with Crippen LogP contribution in [0.15, 0.2) is 46.1 Å². The average molecular weight is 298 g/mol. The second-order valence-corrected chi connectivity index (χ2v) is 5.13. The summed E-state index contributed by atoms with van der Waals surface area (Å²) < 4.78 is 7.32. The molecule has 0 radical (unpaired) electrons. The van der Waals surface area contributed by atoms with Crippen molar-refractivity contribution in [1.82, 2.24) is 14.9 Å². The quantitative estimate of drug-likeness (QED) is 0.592. The number of furan rings is 1. The normalized spacial score (nSPS) is 11.3. The van der Waals surface area contributed by atoms with E-state index in [0.717, 1.165) is 11.1 Å². The van der Waals surface area contributed by atoms with Crippen LogP contribution < -0.4 is 0 Å². The van der Waals surface area contributed by atoms with Crippen molar-refractivity contribution in [3.63, 3.8) is 0 Å². The summed E-state index contributed by atoms with van der Waals surface area (Å²) in [4.78, 5) is 0. The maximum Gasteiger partial charge on any atom is 0.219 e. The van der Waals surface area contributed by atoms with E-state index in [-0.39, 0.29) is 0 Å². The van der Waals surface area contributed by atoms with Gasteiger partial charge in [-0.05, 0) is 49.3 Å². The highest BCUT2D eigenvalue weighted by Gasteiger charge is 2.10. The average Bonchev–Trinajstić information content (AvgIpc) is 3.09. The van der Waals surface area contributed by atoms with Crippen LogP contribution in [0.5, 0.6) is 0 Å². The lowest BCUT2D eigenvalue weighted by atomic mass is 10.1. The van der Waals surface area contributed by atoms with Gasteiger partial charge in [-0.25, -0.2) is 5.10 Å². The summed E-state index contributed by atoms with van der Waals surface area (Å²) in [5, 5.41) is 11.3. The highest BCUT2D eigenvalue weighted by atomic mass is 32.1. The standard InChI is InChI=1S/C15H14N4OS/c1-10-5-6-11(2)12(8-10)9-16-19-14(17-18-15(19)21)13-4-3-7-20-13/h3-9H,1-2H3,(H,18,21)/b16-9-. The van der Waals surface area contributed by atoms with Gasteiger partial charge in [0, 0.05) is 0 Å². The molecule has 0 amide bonds. The monoisotopic (exact) mass is 298 g/mol. The molecule has 1 aromatic carbocycles. The summed E-state index contributed by atoms with van der Waals surface area (Å²) >= 11 is 5.21. The van der Waals surface area contributed by atoms with E-state index in [0.29, 0.717) is 16.4 Å². The zero-order valence-electron chi connectivity index (χ0n) is 11.7. The van der Waals surface area contributed by atoms with Gasteiger partial charge >= 0.3 is 0 Å². The smallest absolute Gasteiger partial charge is 0.219 e. The fourth-order valence-corrected chi connectivity index (χ4v) is 2.16. The van der Waals surface area contributed by atoms with Crippen LogP contribution in [0.2, 0.25) is 0 Å². The van der Waals surface area contributed by atoms with Crippen LogP contribution >= 0.6 is 12.2 Å². The molecule has 5 nitrogen and oxygen atoms in total. The Morgan fingerprint density at radius 3 is 2.95 bits per heavy atom. The van der Waals surface area contributed by atoms with Gasteiger partial charge in [-0.3, -0.25) is 0 Å². The van der Waals surface area contributed by atoms with Crippen LogP contribution in [0.3, 0.4) is 0 Å². The minimum absolute atomic E-state index is 0.419. The fraction of sp³-hybridized carbons (Fsp3) is 0.133. The topological polar surface area (TPSA) is 59.1 Å². The molecule has 1 N–H and O–H groups in total. The Labute approximate surface area is 126 Å². The Hall–Kier alpha value is -2.47. The first-order valence-electron chi connectivity index (χ1n) is 6.48. The lowest BCUT2D eigenvalue weighted by Gasteiger charge is -2.02. The number of H-pyrrole nitrogens is 1. The Balaban J connectivity index is 2.02. The number of nitrogens with one attached hydrogen (secondary N) is 1. The number of aromatic amines is 1. The molecule has 0 spiro atoms. The van der Waals surface area contributed by atoms with Crippen molar-refractivity contribution in [3.8, 4) is 11.6 Å². The Kier molecular flexibility index (Phi) is 3.53. The van der Waals surface area contributed by atoms with Crippen LogP contribution in [0, 0.1) is 18.6 Å². The molecule has 0 saturated heterocycles. The van der Waals surface area contributed by atoms with Gasteiger partial charge in [0.2, 0.25) is 10.6 Å². The first-order valence-corrected chi connectivity index (χ1v) is 6.89. The van der Waals surface area contributed by atoms with Crippen molar-refractivity contribution >= 4 is 18.4 Å². The van der Waals surface area contributed by atoms with E-state index in [2.05, 4.69) is 40.4 Å². The Morgan fingerprint density at radius 2 is 2.19 bits per heavy atom. The third kappa shape index (κ3) is 2.71. The molecule has 0 unspecified atom stereocenters. The predicted octanol–water partition coefficient (Wildman–Crippen LogP) is 3.70. The molecule has 3 rings (SSSR count). The van der Waals surface area contributed by atoms with E-state index in [1.165, 1.54) is 5.56 Å². The van der Waals surface area contributed by atoms with Crippen LogP contribution in [-0.4, -0.2) is 21.1 Å². The van der Waals surface area contributed by atoms with E-state index in [1.54, 1.807) is 23.2 Å². The Bertz CT molecular complexity index is 843. The van der Waals surface area contributed by atoms with Crippen LogP contribution in [0.25, 0.3) is 11.6 Å². The summed E-state index contributed by atoms with van der Waals surface area (Å²) in [7, 11) is 0. The number of aromatic nitrogens is 3. The largest absolute Gasteiger partial charge is 0.461 e. The van der Waals surface area contributed by atoms with Gasteiger partial charge in [0.15, 0.2) is 5.76 Å². The summed E-state index contributed by atoms with van der Waals surface area (Å²) in [6.45, 7) is 4.09. The molecule has 3 aromatic rings. The zero-order chi connectivity index (χ0) is 14.8. The molecule has 2 aromatic heterocycles. The van der Waals surface area contributed by atoms with E-state index in [9.17, 15) is 0 Å². The molecule has 0 aliphatic carbocycles. The SMILES string of the molecule is Cc1ccc(C)c(/C=N\n2c(-c3ccco3)n[nH]c2=S)c1. The van der Waals surface area contributed by atoms with Gasteiger partial charge in [0.25, 0.3) is 0 Å². The maximum absolute atomic E-state index is 5.34. The molecule has 6 heteroatoms. The predicted molar refractivity (Wildman–Crippen MR) is 84.0 cm³/mol. The molecular formula is C15H14N4OS. The van der Waals surface area contributed by atoms with E-state index in [4.69, 9.17) is 16.6 Å². The van der Waals surface area contributed by atoms with Crippen LogP contribution in [-0.2, 0) is 0 Å². The van der Waals surface area contributed by atoms with Crippen LogP contribution in [0.1, 0.15) is 16.7 Å². The van der Waals surface area contributed by atoms with Crippen molar-refractivity contribution in [2.45, 2.75) is 13.8 Å². The minimum atomic E-state index is 0.419. The molecule has 0 atom stereocenters. The third-order valence-electron chi connectivity index (χ3n) is 3.14. The first-order chi connectivity index (χ1) is 10.1. The van der Waals surface area contributed by atoms with Gasteiger partial charge in [-0.1, -0.05) is 23.8 Å². The molecule has 0 aliphatic rings. The van der Waals surface area contributed by atoms with Crippen molar-refractivity contribution in [1.29, 1.82) is 0 Å². The van der Waals surface area contributed by atoms with Gasteiger partial charge in [-0.2, -0.15) is 9.78 Å². The van der Waals surface area contributed by atoms with Crippen molar-refractivity contribution < 1.29 is 4.42 Å². The number of benzene rings is 1. The second-order valence-electron chi connectivity index (χ2n) is 4.75. The van der Waals surface area contributed by atoms with Gasteiger partial charge < -0.3 is 4.42 Å². The van der Waals surface area contributed by atoms with E-state index < -0.39 is 0 Å². The third-order valence-corrected chi connectivity index (χ3v) is 3.40. The molecule has 0 aliphatic heterocycles. The number of aryl methyl sites for hydroxylation is 2. The second kappa shape index (κ2) is 5.49.